The van der Waals surface area contributed by atoms with E-state index in [2.05, 4.69) is 33.2 Å². The van der Waals surface area contributed by atoms with Gasteiger partial charge in [-0.2, -0.15) is 20.2 Å². The summed E-state index contributed by atoms with van der Waals surface area (Å²) in [6.07, 6.45) is 2.81. The molecule has 4 heterocycles. The topological polar surface area (TPSA) is 182 Å². The second kappa shape index (κ2) is 14.6. The number of fused-ring (bicyclic) bond motifs is 2. The Morgan fingerprint density at radius 2 is 1.76 bits per heavy atom. The summed E-state index contributed by atoms with van der Waals surface area (Å²) >= 11 is 0. The van der Waals surface area contributed by atoms with Crippen molar-refractivity contribution in [2.75, 3.05) is 24.4 Å². The molecule has 15 heteroatoms. The van der Waals surface area contributed by atoms with Gasteiger partial charge in [0, 0.05) is 18.0 Å². The van der Waals surface area contributed by atoms with Gasteiger partial charge in [-0.25, -0.2) is 14.4 Å². The lowest BCUT2D eigenvalue weighted by molar-refractivity contribution is 0.187. The number of para-hydroxylation sites is 3. The van der Waals surface area contributed by atoms with Gasteiger partial charge in [-0.3, -0.25) is 10.3 Å². The first-order valence-corrected chi connectivity index (χ1v) is 16.7. The number of carbonyl (C=O) groups excluding carboxylic acids is 1. The maximum absolute atomic E-state index is 12.8. The van der Waals surface area contributed by atoms with Crippen LogP contribution in [0.15, 0.2) is 100 Å². The first-order valence-electron chi connectivity index (χ1n) is 16.7. The number of methoxy groups -OCH3 is 2. The summed E-state index contributed by atoms with van der Waals surface area (Å²) in [5.74, 6) is -0.133. The molecule has 0 fully saturated rings. The van der Waals surface area contributed by atoms with Crippen molar-refractivity contribution < 1.29 is 18.7 Å². The van der Waals surface area contributed by atoms with Crippen molar-refractivity contribution in [3.63, 3.8) is 0 Å². The van der Waals surface area contributed by atoms with Crippen LogP contribution >= 0.6 is 0 Å². The molecule has 0 unspecified atom stereocenters. The first-order chi connectivity index (χ1) is 26.2. The highest BCUT2D eigenvalue weighted by atomic mass is 16.5. The minimum atomic E-state index is -0.839. The molecule has 7 aromatic rings. The number of benzene rings is 3. The Balaban J connectivity index is 1.41. The number of hydrogen-bond acceptors (Lipinski definition) is 13. The molecular weight excluding hydrogens is 687 g/mol. The van der Waals surface area contributed by atoms with Gasteiger partial charge >= 0.3 is 12.1 Å². The molecule has 15 nitrogen and oxygen atoms in total. The number of nitriles is 1. The molecule has 7 rings (SSSR count). The van der Waals surface area contributed by atoms with E-state index >= 15 is 0 Å². The molecule has 268 valence electrons. The summed E-state index contributed by atoms with van der Waals surface area (Å²) in [4.78, 5) is 33.1. The quantitative estimate of drug-likeness (QED) is 0.105. The molecule has 4 aromatic heterocycles. The molecule has 1 N–H and O–H groups in total. The molecule has 0 saturated carbocycles. The van der Waals surface area contributed by atoms with Gasteiger partial charge in [0.25, 0.3) is 0 Å². The second-order valence-electron chi connectivity index (χ2n) is 12.1. The zero-order valence-electron chi connectivity index (χ0n) is 30.0. The second-order valence-corrected chi connectivity index (χ2v) is 12.1. The van der Waals surface area contributed by atoms with E-state index in [1.165, 1.54) is 14.2 Å². The van der Waals surface area contributed by atoms with E-state index in [9.17, 15) is 10.1 Å². The number of azo groups is 1. The number of ether oxygens (including phenoxy) is 2. The van der Waals surface area contributed by atoms with Crippen LogP contribution in [0, 0.1) is 32.1 Å². The number of nitrogens with zero attached hydrogens (tertiary/aromatic N) is 10. The van der Waals surface area contributed by atoms with Crippen LogP contribution in [0.3, 0.4) is 0 Å². The number of nitrogens with one attached hydrogen (secondary N) is 1. The van der Waals surface area contributed by atoms with Gasteiger partial charge in [0.1, 0.15) is 17.1 Å². The number of pyridine rings is 1. The fraction of sp³-hybridized carbons (Fsp3) is 0.154. The van der Waals surface area contributed by atoms with Crippen molar-refractivity contribution in [1.29, 1.82) is 5.26 Å². The van der Waals surface area contributed by atoms with E-state index in [4.69, 9.17) is 33.9 Å². The minimum absolute atomic E-state index is 0.00407. The molecule has 0 saturated heterocycles. The van der Waals surface area contributed by atoms with Gasteiger partial charge in [-0.15, -0.1) is 21.9 Å². The van der Waals surface area contributed by atoms with Gasteiger partial charge in [0.2, 0.25) is 17.6 Å². The molecule has 0 aliphatic heterocycles. The highest BCUT2D eigenvalue weighted by Crippen LogP contribution is 2.43. The van der Waals surface area contributed by atoms with Crippen LogP contribution < -0.4 is 15.0 Å². The maximum Gasteiger partial charge on any atom is 0.412 e. The predicted octanol–water partition coefficient (Wildman–Crippen LogP) is 8.95. The number of carbonyl (C=O) groups is 1. The van der Waals surface area contributed by atoms with Crippen molar-refractivity contribution >= 4 is 63.1 Å². The minimum Gasteiger partial charge on any atom is -0.479 e. The van der Waals surface area contributed by atoms with Crippen molar-refractivity contribution in [1.82, 2.24) is 29.7 Å². The Kier molecular flexibility index (Phi) is 9.48. The van der Waals surface area contributed by atoms with Crippen molar-refractivity contribution in [2.24, 2.45) is 10.2 Å². The lowest BCUT2D eigenvalue weighted by Gasteiger charge is -2.24. The van der Waals surface area contributed by atoms with Gasteiger partial charge in [-0.05, 0) is 56.2 Å². The lowest BCUT2D eigenvalue weighted by Crippen LogP contribution is -2.19. The molecule has 0 atom stereocenters. The van der Waals surface area contributed by atoms with Crippen LogP contribution in [0.2, 0.25) is 0 Å². The summed E-state index contributed by atoms with van der Waals surface area (Å²) in [6, 6.07) is 23.2. The number of aromatic nitrogens is 6. The summed E-state index contributed by atoms with van der Waals surface area (Å²) < 4.78 is 18.6. The van der Waals surface area contributed by atoms with Crippen molar-refractivity contribution in [3.8, 4) is 17.6 Å². The van der Waals surface area contributed by atoms with E-state index in [0.717, 1.165) is 27.6 Å². The molecule has 0 spiro atoms. The summed E-state index contributed by atoms with van der Waals surface area (Å²) in [5.41, 5.74) is 6.79. The van der Waals surface area contributed by atoms with Crippen LogP contribution in [0.4, 0.5) is 39.8 Å². The Morgan fingerprint density at radius 1 is 1.02 bits per heavy atom. The van der Waals surface area contributed by atoms with Crippen LogP contribution in [-0.4, -0.2) is 50.0 Å². The average molecular weight is 720 g/mol. The average Bonchev–Trinajstić information content (AvgIpc) is 3.76. The summed E-state index contributed by atoms with van der Waals surface area (Å²) in [5, 5.41) is 27.3. The van der Waals surface area contributed by atoms with Crippen molar-refractivity contribution in [3.05, 3.63) is 114 Å². The molecule has 0 aliphatic carbocycles. The maximum atomic E-state index is 12.8. The van der Waals surface area contributed by atoms with Crippen LogP contribution in [0.1, 0.15) is 27.9 Å². The van der Waals surface area contributed by atoms with Crippen LogP contribution in [-0.2, 0) is 11.2 Å². The Bertz CT molecular complexity index is 2590. The summed E-state index contributed by atoms with van der Waals surface area (Å²) in [7, 11) is 2.61. The number of aryl methyl sites for hydroxylation is 3. The molecule has 0 radical (unpaired) electrons. The Hall–Kier alpha value is -7.47. The number of allylic oxidation sites excluding steroid dienone is 1. The SMILES string of the molecule is C=CCc1c(C#N)c(N=Nc2c(NC(=O)OC)nc(N(c3nc4ccccc4o3)c3c(C)cc(C)cc3C)nc2OC)nn1-c1ccnc2ccccc12. The normalized spacial score (nSPS) is 11.2. The lowest BCUT2D eigenvalue weighted by atomic mass is 10.0. The third-order valence-corrected chi connectivity index (χ3v) is 8.48. The number of amides is 1. The number of anilines is 4. The predicted molar refractivity (Wildman–Crippen MR) is 203 cm³/mol. The van der Waals surface area contributed by atoms with E-state index in [1.807, 2.05) is 81.4 Å². The molecule has 0 bridgehead atoms. The fourth-order valence-electron chi connectivity index (χ4n) is 6.26. The van der Waals surface area contributed by atoms with Gasteiger partial charge < -0.3 is 13.9 Å². The van der Waals surface area contributed by atoms with E-state index in [-0.39, 0.29) is 40.7 Å². The smallest absolute Gasteiger partial charge is 0.412 e. The third-order valence-electron chi connectivity index (χ3n) is 8.48. The van der Waals surface area contributed by atoms with Crippen LogP contribution in [0.5, 0.6) is 5.88 Å². The third kappa shape index (κ3) is 6.43. The standard InChI is InChI=1S/C39H33N11O4/c1-7-12-29-26(21-40)34(48-50(29)30-17-18-41-27-14-9-8-13-25(27)30)47-46-32-35(44-39(51)53-6)43-37(45-36(32)52-5)49(33-23(3)19-22(2)20-24(33)4)38-42-28-15-10-11-16-31(28)54-38/h7-11,13-20H,1,12H2,2-6H3,(H,43,44,45,51). The van der Waals surface area contributed by atoms with Crippen LogP contribution in [0.25, 0.3) is 27.7 Å². The number of hydrogen-bond donors (Lipinski definition) is 1. The molecule has 54 heavy (non-hydrogen) atoms. The van der Waals surface area contributed by atoms with Gasteiger partial charge in [0.05, 0.1) is 36.8 Å². The number of rotatable bonds is 10. The fourth-order valence-corrected chi connectivity index (χ4v) is 6.26. The molecule has 1 amide bonds. The van der Waals surface area contributed by atoms with Gasteiger partial charge in [-0.1, -0.05) is 54.1 Å². The highest BCUT2D eigenvalue weighted by Gasteiger charge is 2.29. The zero-order valence-corrected chi connectivity index (χ0v) is 30.0. The van der Waals surface area contributed by atoms with E-state index in [1.54, 1.807) is 27.9 Å². The molecule has 3 aromatic carbocycles. The molecular formula is C39H33N11O4. The Morgan fingerprint density at radius 3 is 2.46 bits per heavy atom. The monoisotopic (exact) mass is 719 g/mol. The Labute approximate surface area is 309 Å². The highest BCUT2D eigenvalue weighted by molar-refractivity contribution is 5.90. The number of oxazole rings is 1. The largest absolute Gasteiger partial charge is 0.479 e. The first kappa shape index (κ1) is 35.0. The van der Waals surface area contributed by atoms with E-state index in [0.29, 0.717) is 34.6 Å². The van der Waals surface area contributed by atoms with Crippen molar-refractivity contribution in [2.45, 2.75) is 27.2 Å². The van der Waals surface area contributed by atoms with Gasteiger partial charge in [0.15, 0.2) is 17.1 Å². The molecule has 0 aliphatic rings. The van der Waals surface area contributed by atoms with E-state index < -0.39 is 6.09 Å². The summed E-state index contributed by atoms with van der Waals surface area (Å²) in [6.45, 7) is 9.80. The zero-order chi connectivity index (χ0) is 37.9.